The van der Waals surface area contributed by atoms with Gasteiger partial charge in [0.1, 0.15) is 0 Å². The molecule has 0 spiro atoms. The molecule has 0 aliphatic heterocycles. The smallest absolute Gasteiger partial charge is 0.0969 e. The molecular formula is C18H25N5. The highest BCUT2D eigenvalue weighted by Crippen LogP contribution is 2.46. The zero-order chi connectivity index (χ0) is 16.0. The summed E-state index contributed by atoms with van der Waals surface area (Å²) in [7, 11) is 4.14. The Morgan fingerprint density at radius 3 is 2.74 bits per heavy atom. The van der Waals surface area contributed by atoms with Crippen molar-refractivity contribution in [2.24, 2.45) is 11.7 Å². The average molecular weight is 311 g/mol. The predicted molar refractivity (Wildman–Crippen MR) is 92.6 cm³/mol. The predicted octanol–water partition coefficient (Wildman–Crippen LogP) is 2.80. The van der Waals surface area contributed by atoms with Gasteiger partial charge in [-0.3, -0.25) is 9.67 Å². The van der Waals surface area contributed by atoms with E-state index in [1.54, 1.807) is 0 Å². The first-order valence-electron chi connectivity index (χ1n) is 8.59. The lowest BCUT2D eigenvalue weighted by Gasteiger charge is -2.34. The second-order valence-corrected chi connectivity index (χ2v) is 7.17. The summed E-state index contributed by atoms with van der Waals surface area (Å²) in [5, 5.41) is 4.96. The van der Waals surface area contributed by atoms with E-state index in [0.29, 0.717) is 17.9 Å². The number of hydrogen-bond donors (Lipinski definition) is 1. The molecule has 2 saturated carbocycles. The largest absolute Gasteiger partial charge is 0.376 e. The Bertz CT molecular complexity index is 695. The van der Waals surface area contributed by atoms with Gasteiger partial charge in [0.2, 0.25) is 0 Å². The Hall–Kier alpha value is -1.88. The van der Waals surface area contributed by atoms with Crippen molar-refractivity contribution in [3.8, 4) is 11.3 Å². The molecule has 0 bridgehead atoms. The first-order chi connectivity index (χ1) is 11.2. The van der Waals surface area contributed by atoms with E-state index in [0.717, 1.165) is 30.8 Å². The van der Waals surface area contributed by atoms with Crippen molar-refractivity contribution in [1.29, 1.82) is 0 Å². The van der Waals surface area contributed by atoms with Crippen molar-refractivity contribution in [3.05, 3.63) is 30.2 Å². The maximum atomic E-state index is 5.77. The number of pyridine rings is 1. The summed E-state index contributed by atoms with van der Waals surface area (Å²) in [6.07, 6.45) is 8.92. The second-order valence-electron chi connectivity index (χ2n) is 7.17. The van der Waals surface area contributed by atoms with Crippen LogP contribution in [0, 0.1) is 5.92 Å². The van der Waals surface area contributed by atoms with Gasteiger partial charge in [0, 0.05) is 38.0 Å². The molecule has 2 aliphatic rings. The summed E-state index contributed by atoms with van der Waals surface area (Å²) >= 11 is 0. The van der Waals surface area contributed by atoms with E-state index in [1.165, 1.54) is 24.1 Å². The van der Waals surface area contributed by atoms with Crippen LogP contribution in [0.4, 0.5) is 5.69 Å². The molecule has 0 unspecified atom stereocenters. The molecule has 2 N–H and O–H groups in total. The first-order valence-corrected chi connectivity index (χ1v) is 8.59. The zero-order valence-corrected chi connectivity index (χ0v) is 13.9. The lowest BCUT2D eigenvalue weighted by Crippen LogP contribution is -2.32. The Labute approximate surface area is 137 Å². The van der Waals surface area contributed by atoms with Crippen LogP contribution >= 0.6 is 0 Å². The summed E-state index contributed by atoms with van der Waals surface area (Å²) in [5.74, 6) is 1.29. The summed E-state index contributed by atoms with van der Waals surface area (Å²) in [6.45, 7) is 0.797. The fraction of sp³-hybridized carbons (Fsp3) is 0.556. The quantitative estimate of drug-likeness (QED) is 0.922. The van der Waals surface area contributed by atoms with Crippen molar-refractivity contribution in [3.63, 3.8) is 0 Å². The third kappa shape index (κ3) is 2.63. The van der Waals surface area contributed by atoms with Gasteiger partial charge in [-0.25, -0.2) is 0 Å². The lowest BCUT2D eigenvalue weighted by molar-refractivity contribution is 0.189. The van der Waals surface area contributed by atoms with Crippen LogP contribution in [0.15, 0.2) is 24.5 Å². The minimum Gasteiger partial charge on any atom is -0.376 e. The van der Waals surface area contributed by atoms with Crippen LogP contribution in [0.25, 0.3) is 11.3 Å². The van der Waals surface area contributed by atoms with Crippen molar-refractivity contribution in [2.45, 2.75) is 37.6 Å². The Kier molecular flexibility index (Phi) is 3.60. The van der Waals surface area contributed by atoms with E-state index >= 15 is 0 Å². The first kappa shape index (κ1) is 14.7. The zero-order valence-electron chi connectivity index (χ0n) is 13.9. The van der Waals surface area contributed by atoms with Gasteiger partial charge in [-0.15, -0.1) is 0 Å². The molecular weight excluding hydrogens is 286 g/mol. The van der Waals surface area contributed by atoms with Gasteiger partial charge in [-0.2, -0.15) is 5.10 Å². The van der Waals surface area contributed by atoms with Crippen LogP contribution in [-0.4, -0.2) is 35.4 Å². The molecule has 0 aromatic carbocycles. The number of hydrogen-bond acceptors (Lipinski definition) is 4. The van der Waals surface area contributed by atoms with Crippen LogP contribution in [0.3, 0.4) is 0 Å². The molecule has 5 heteroatoms. The van der Waals surface area contributed by atoms with Gasteiger partial charge in [-0.05, 0) is 50.3 Å². The van der Waals surface area contributed by atoms with Gasteiger partial charge in [0.25, 0.3) is 0 Å². The SMILES string of the molecule is CN(C)c1cccnc1-c1cn(C2CC(CN)C2)nc1C1CC1. The highest BCUT2D eigenvalue weighted by molar-refractivity contribution is 5.76. The Morgan fingerprint density at radius 1 is 1.30 bits per heavy atom. The molecule has 2 fully saturated rings. The van der Waals surface area contributed by atoms with E-state index in [-0.39, 0.29) is 0 Å². The molecule has 5 nitrogen and oxygen atoms in total. The van der Waals surface area contributed by atoms with Crippen LogP contribution in [0.1, 0.15) is 43.3 Å². The van der Waals surface area contributed by atoms with Crippen molar-refractivity contribution < 1.29 is 0 Å². The highest BCUT2D eigenvalue weighted by Gasteiger charge is 2.35. The number of aromatic nitrogens is 3. The third-order valence-corrected chi connectivity index (χ3v) is 5.17. The molecule has 2 aromatic rings. The number of rotatable bonds is 5. The molecule has 0 saturated heterocycles. The van der Waals surface area contributed by atoms with Crippen molar-refractivity contribution >= 4 is 5.69 Å². The molecule has 2 heterocycles. The van der Waals surface area contributed by atoms with E-state index < -0.39 is 0 Å². The summed E-state index contributed by atoms with van der Waals surface area (Å²) in [5.41, 5.74) is 10.4. The standard InChI is InChI=1S/C18H25N5/c1-22(2)16-4-3-7-20-18(16)15-11-23(14-8-12(9-14)10-19)21-17(15)13-5-6-13/h3-4,7,11-14H,5-6,8-10,19H2,1-2H3. The molecule has 0 atom stereocenters. The molecule has 0 amide bonds. The van der Waals surface area contributed by atoms with E-state index in [9.17, 15) is 0 Å². The number of anilines is 1. The molecule has 23 heavy (non-hydrogen) atoms. The van der Waals surface area contributed by atoms with Gasteiger partial charge in [0.15, 0.2) is 0 Å². The van der Waals surface area contributed by atoms with Crippen LogP contribution in [-0.2, 0) is 0 Å². The van der Waals surface area contributed by atoms with E-state index in [4.69, 9.17) is 10.8 Å². The Balaban J connectivity index is 1.72. The normalized spacial score (nSPS) is 23.6. The molecule has 4 rings (SSSR count). The Morgan fingerprint density at radius 2 is 2.09 bits per heavy atom. The molecule has 122 valence electrons. The van der Waals surface area contributed by atoms with Gasteiger partial charge in [-0.1, -0.05) is 0 Å². The van der Waals surface area contributed by atoms with Gasteiger partial charge in [0.05, 0.1) is 23.1 Å². The monoisotopic (exact) mass is 311 g/mol. The minimum atomic E-state index is 0.515. The maximum Gasteiger partial charge on any atom is 0.0969 e. The van der Waals surface area contributed by atoms with Gasteiger partial charge < -0.3 is 10.6 Å². The van der Waals surface area contributed by atoms with Crippen LogP contribution < -0.4 is 10.6 Å². The fourth-order valence-electron chi connectivity index (χ4n) is 3.51. The maximum absolute atomic E-state index is 5.77. The summed E-state index contributed by atoms with van der Waals surface area (Å²) < 4.78 is 2.18. The minimum absolute atomic E-state index is 0.515. The van der Waals surface area contributed by atoms with Crippen molar-refractivity contribution in [1.82, 2.24) is 14.8 Å². The van der Waals surface area contributed by atoms with E-state index in [1.807, 2.05) is 12.3 Å². The average Bonchev–Trinajstić information content (AvgIpc) is 3.26. The number of nitrogens with zero attached hydrogens (tertiary/aromatic N) is 4. The van der Waals surface area contributed by atoms with Crippen LogP contribution in [0.5, 0.6) is 0 Å². The second kappa shape index (κ2) is 5.64. The third-order valence-electron chi connectivity index (χ3n) is 5.17. The van der Waals surface area contributed by atoms with Gasteiger partial charge >= 0.3 is 0 Å². The summed E-state index contributed by atoms with van der Waals surface area (Å²) in [4.78, 5) is 6.80. The van der Waals surface area contributed by atoms with Crippen LogP contribution in [0.2, 0.25) is 0 Å². The molecule has 2 aliphatic carbocycles. The van der Waals surface area contributed by atoms with E-state index in [2.05, 4.69) is 40.9 Å². The van der Waals surface area contributed by atoms with Crippen molar-refractivity contribution in [2.75, 3.05) is 25.5 Å². The molecule has 0 radical (unpaired) electrons. The topological polar surface area (TPSA) is 60.0 Å². The fourth-order valence-corrected chi connectivity index (χ4v) is 3.51. The number of nitrogens with two attached hydrogens (primary N) is 1. The highest BCUT2D eigenvalue weighted by atomic mass is 15.3. The molecule has 2 aromatic heterocycles. The lowest BCUT2D eigenvalue weighted by atomic mass is 9.80. The summed E-state index contributed by atoms with van der Waals surface area (Å²) in [6, 6.07) is 4.64.